The van der Waals surface area contributed by atoms with Gasteiger partial charge in [0.05, 0.1) is 5.02 Å². The van der Waals surface area contributed by atoms with Gasteiger partial charge in [-0.2, -0.15) is 5.01 Å². The molecule has 0 radical (unpaired) electrons. The van der Waals surface area contributed by atoms with Crippen molar-refractivity contribution >= 4 is 29.4 Å². The van der Waals surface area contributed by atoms with Crippen molar-refractivity contribution in [2.24, 2.45) is 0 Å². The van der Waals surface area contributed by atoms with E-state index in [0.717, 1.165) is 0 Å². The zero-order valence-corrected chi connectivity index (χ0v) is 12.9. The number of hydrogen-bond donors (Lipinski definition) is 2. The van der Waals surface area contributed by atoms with E-state index in [9.17, 15) is 14.4 Å². The molecule has 1 aromatic rings. The first kappa shape index (κ1) is 16.1. The van der Waals surface area contributed by atoms with Gasteiger partial charge in [0, 0.05) is 0 Å². The van der Waals surface area contributed by atoms with Gasteiger partial charge in [-0.15, -0.1) is 0 Å². The van der Waals surface area contributed by atoms with E-state index in [4.69, 9.17) is 16.3 Å². The highest BCUT2D eigenvalue weighted by molar-refractivity contribution is 6.32. The molecule has 1 aliphatic rings. The fourth-order valence-corrected chi connectivity index (χ4v) is 2.08. The molecule has 8 heteroatoms. The average Bonchev–Trinajstić information content (AvgIpc) is 2.70. The van der Waals surface area contributed by atoms with E-state index in [-0.39, 0.29) is 6.61 Å². The zero-order valence-electron chi connectivity index (χ0n) is 12.2. The number of urea groups is 1. The Balaban J connectivity index is 1.94. The topological polar surface area (TPSA) is 87.7 Å². The predicted octanol–water partition coefficient (Wildman–Crippen LogP) is 1.47. The summed E-state index contributed by atoms with van der Waals surface area (Å²) in [6.07, 6.45) is 0.417. The molecule has 2 rings (SSSR count). The first-order valence-corrected chi connectivity index (χ1v) is 7.08. The highest BCUT2D eigenvalue weighted by atomic mass is 35.5. The van der Waals surface area contributed by atoms with Gasteiger partial charge >= 0.3 is 6.03 Å². The second kappa shape index (κ2) is 6.23. The molecule has 4 amide bonds. The number of nitrogens with zero attached hydrogens (tertiary/aromatic N) is 1. The van der Waals surface area contributed by atoms with Crippen molar-refractivity contribution in [3.63, 3.8) is 0 Å². The minimum Gasteiger partial charge on any atom is -0.482 e. The summed E-state index contributed by atoms with van der Waals surface area (Å²) in [4.78, 5) is 35.7. The van der Waals surface area contributed by atoms with Gasteiger partial charge in [-0.3, -0.25) is 15.0 Å². The number of nitrogens with one attached hydrogen (secondary N) is 2. The molecule has 7 nitrogen and oxygen atoms in total. The van der Waals surface area contributed by atoms with Gasteiger partial charge in [0.2, 0.25) is 0 Å². The maximum absolute atomic E-state index is 12.1. The summed E-state index contributed by atoms with van der Waals surface area (Å²) in [5.41, 5.74) is 1.22. The molecular weight excluding hydrogens is 310 g/mol. The molecule has 1 saturated heterocycles. The lowest BCUT2D eigenvalue weighted by Gasteiger charge is -2.19. The molecule has 118 valence electrons. The molecule has 1 heterocycles. The Morgan fingerprint density at radius 1 is 1.41 bits per heavy atom. The van der Waals surface area contributed by atoms with Crippen molar-refractivity contribution in [2.45, 2.75) is 25.8 Å². The maximum atomic E-state index is 12.1. The van der Waals surface area contributed by atoms with Crippen LogP contribution in [0.1, 0.15) is 20.3 Å². The Morgan fingerprint density at radius 3 is 2.68 bits per heavy atom. The van der Waals surface area contributed by atoms with Gasteiger partial charge in [-0.25, -0.2) is 4.79 Å². The third kappa shape index (κ3) is 3.14. The van der Waals surface area contributed by atoms with Crippen molar-refractivity contribution in [1.29, 1.82) is 0 Å². The molecular formula is C14H16ClN3O4. The Bertz CT molecular complexity index is 622. The molecule has 0 bridgehead atoms. The van der Waals surface area contributed by atoms with Crippen LogP contribution in [0.3, 0.4) is 0 Å². The van der Waals surface area contributed by atoms with Gasteiger partial charge < -0.3 is 10.1 Å². The van der Waals surface area contributed by atoms with Gasteiger partial charge in [-0.05, 0) is 25.5 Å². The minimum atomic E-state index is -1.01. The van der Waals surface area contributed by atoms with Crippen LogP contribution in [-0.2, 0) is 9.59 Å². The van der Waals surface area contributed by atoms with Crippen LogP contribution in [-0.4, -0.2) is 35.0 Å². The molecule has 1 fully saturated rings. The summed E-state index contributed by atoms with van der Waals surface area (Å²) < 4.78 is 5.24. The number of benzene rings is 1. The monoisotopic (exact) mass is 325 g/mol. The van der Waals surface area contributed by atoms with Gasteiger partial charge in [0.1, 0.15) is 11.3 Å². The number of amides is 4. The number of para-hydroxylation sites is 1. The lowest BCUT2D eigenvalue weighted by atomic mass is 10.00. The average molecular weight is 326 g/mol. The first-order chi connectivity index (χ1) is 10.4. The highest BCUT2D eigenvalue weighted by Crippen LogP contribution is 2.23. The van der Waals surface area contributed by atoms with Crippen molar-refractivity contribution in [2.75, 3.05) is 6.61 Å². The number of halogens is 1. The fraction of sp³-hybridized carbons (Fsp3) is 0.357. The quantitative estimate of drug-likeness (QED) is 0.802. The number of carbonyl (C=O) groups excluding carboxylic acids is 3. The SMILES string of the molecule is CCC1(C)NC(=O)N(NC(=O)COc2ccccc2Cl)C1=O. The van der Waals surface area contributed by atoms with Gasteiger partial charge in [0.25, 0.3) is 11.8 Å². The van der Waals surface area contributed by atoms with Crippen LogP contribution in [0.4, 0.5) is 4.79 Å². The molecule has 2 N–H and O–H groups in total. The Hall–Kier alpha value is -2.28. The maximum Gasteiger partial charge on any atom is 0.344 e. The van der Waals surface area contributed by atoms with Crippen LogP contribution < -0.4 is 15.5 Å². The summed E-state index contributed by atoms with van der Waals surface area (Å²) in [5, 5.41) is 3.56. The fourth-order valence-electron chi connectivity index (χ4n) is 1.89. The van der Waals surface area contributed by atoms with Crippen LogP contribution in [0, 0.1) is 0 Å². The van der Waals surface area contributed by atoms with Crippen LogP contribution >= 0.6 is 11.6 Å². The summed E-state index contributed by atoms with van der Waals surface area (Å²) in [6.45, 7) is 2.99. The minimum absolute atomic E-state index is 0.343. The first-order valence-electron chi connectivity index (χ1n) is 6.71. The third-order valence-corrected chi connectivity index (χ3v) is 3.71. The van der Waals surface area contributed by atoms with Crippen molar-refractivity contribution in [3.8, 4) is 5.75 Å². The standard InChI is InChI=1S/C14H16ClN3O4/c1-3-14(2)12(20)18(13(21)16-14)17-11(19)8-22-10-7-5-4-6-9(10)15/h4-7H,3,8H2,1-2H3,(H,16,21)(H,17,19). The Kier molecular flexibility index (Phi) is 4.56. The number of hydrazine groups is 1. The Labute approximate surface area is 132 Å². The van der Waals surface area contributed by atoms with Gasteiger partial charge in [-0.1, -0.05) is 30.7 Å². The van der Waals surface area contributed by atoms with E-state index in [2.05, 4.69) is 10.7 Å². The van der Waals surface area contributed by atoms with E-state index in [1.165, 1.54) is 0 Å². The predicted molar refractivity (Wildman–Crippen MR) is 79.2 cm³/mol. The number of imide groups is 1. The zero-order chi connectivity index (χ0) is 16.3. The molecule has 0 aromatic heterocycles. The number of rotatable bonds is 5. The van der Waals surface area contributed by atoms with E-state index >= 15 is 0 Å². The van der Waals surface area contributed by atoms with Gasteiger partial charge in [0.15, 0.2) is 6.61 Å². The second-order valence-corrected chi connectivity index (χ2v) is 5.42. The van der Waals surface area contributed by atoms with Crippen LogP contribution in [0.5, 0.6) is 5.75 Å². The second-order valence-electron chi connectivity index (χ2n) is 5.01. The summed E-state index contributed by atoms with van der Waals surface area (Å²) in [6, 6.07) is 6.01. The largest absolute Gasteiger partial charge is 0.482 e. The molecule has 0 spiro atoms. The molecule has 0 aliphatic carbocycles. The third-order valence-electron chi connectivity index (χ3n) is 3.40. The smallest absolute Gasteiger partial charge is 0.344 e. The lowest BCUT2D eigenvalue weighted by Crippen LogP contribution is -2.49. The highest BCUT2D eigenvalue weighted by Gasteiger charge is 2.47. The molecule has 1 unspecified atom stereocenters. The van der Waals surface area contributed by atoms with E-state index in [1.54, 1.807) is 38.1 Å². The van der Waals surface area contributed by atoms with Crippen molar-refractivity contribution in [3.05, 3.63) is 29.3 Å². The molecule has 1 aromatic carbocycles. The molecule has 22 heavy (non-hydrogen) atoms. The normalized spacial score (nSPS) is 20.8. The van der Waals surface area contributed by atoms with Crippen LogP contribution in [0.25, 0.3) is 0 Å². The van der Waals surface area contributed by atoms with Crippen molar-refractivity contribution in [1.82, 2.24) is 15.8 Å². The van der Waals surface area contributed by atoms with Crippen LogP contribution in [0.15, 0.2) is 24.3 Å². The summed E-state index contributed by atoms with van der Waals surface area (Å²) in [5.74, 6) is -0.801. The summed E-state index contributed by atoms with van der Waals surface area (Å²) in [7, 11) is 0. The number of hydrogen-bond acceptors (Lipinski definition) is 4. The van der Waals surface area contributed by atoms with E-state index in [1.807, 2.05) is 0 Å². The number of carbonyl (C=O) groups is 3. The Morgan fingerprint density at radius 2 is 2.09 bits per heavy atom. The molecule has 1 atom stereocenters. The molecule has 0 saturated carbocycles. The van der Waals surface area contributed by atoms with Crippen LogP contribution in [0.2, 0.25) is 5.02 Å². The van der Waals surface area contributed by atoms with Crippen molar-refractivity contribution < 1.29 is 19.1 Å². The van der Waals surface area contributed by atoms with E-state index in [0.29, 0.717) is 22.2 Å². The molecule has 1 aliphatic heterocycles. The number of ether oxygens (including phenoxy) is 1. The summed E-state index contributed by atoms with van der Waals surface area (Å²) >= 11 is 5.90. The van der Waals surface area contributed by atoms with E-state index < -0.39 is 23.4 Å². The lowest BCUT2D eigenvalue weighted by molar-refractivity contribution is -0.139.